The van der Waals surface area contributed by atoms with E-state index >= 15 is 0 Å². The van der Waals surface area contributed by atoms with E-state index in [2.05, 4.69) is 10.6 Å². The van der Waals surface area contributed by atoms with Crippen molar-refractivity contribution in [3.05, 3.63) is 70.8 Å². The number of esters is 1. The number of amides is 3. The van der Waals surface area contributed by atoms with Crippen LogP contribution in [-0.4, -0.2) is 59.1 Å². The van der Waals surface area contributed by atoms with Crippen LogP contribution in [0.5, 0.6) is 0 Å². The molecule has 3 amide bonds. The van der Waals surface area contributed by atoms with Crippen LogP contribution in [0.2, 0.25) is 0 Å². The third-order valence-corrected chi connectivity index (χ3v) is 5.98. The number of alkyl carbamates (subject to hydrolysis) is 1. The molecule has 230 valence electrons. The van der Waals surface area contributed by atoms with Crippen LogP contribution < -0.4 is 10.6 Å². The molecule has 0 saturated heterocycles. The van der Waals surface area contributed by atoms with Crippen LogP contribution in [-0.2, 0) is 30.3 Å². The fourth-order valence-corrected chi connectivity index (χ4v) is 4.51. The van der Waals surface area contributed by atoms with Crippen LogP contribution >= 0.6 is 0 Å². The lowest BCUT2D eigenvalue weighted by Gasteiger charge is -2.33. The molecule has 0 aliphatic heterocycles. The fraction of sp³-hybridized carbons (Fsp3) is 0.515. The van der Waals surface area contributed by atoms with Crippen molar-refractivity contribution >= 4 is 23.9 Å². The molecular weight excluding hydrogens is 534 g/mol. The van der Waals surface area contributed by atoms with Crippen molar-refractivity contribution in [2.75, 3.05) is 13.1 Å². The molecule has 2 atom stereocenters. The van der Waals surface area contributed by atoms with Crippen LogP contribution in [0.25, 0.3) is 0 Å². The number of rotatable bonds is 11. The van der Waals surface area contributed by atoms with Crippen LogP contribution in [0, 0.1) is 13.8 Å². The Balaban J connectivity index is 2.47. The van der Waals surface area contributed by atoms with Crippen molar-refractivity contribution in [2.24, 2.45) is 0 Å². The van der Waals surface area contributed by atoms with Crippen molar-refractivity contribution in [3.8, 4) is 0 Å². The van der Waals surface area contributed by atoms with Crippen molar-refractivity contribution in [2.45, 2.75) is 98.4 Å². The van der Waals surface area contributed by atoms with Gasteiger partial charge in [-0.15, -0.1) is 0 Å². The van der Waals surface area contributed by atoms with Gasteiger partial charge in [0.25, 0.3) is 0 Å². The zero-order valence-electron chi connectivity index (χ0n) is 26.5. The fourth-order valence-electron chi connectivity index (χ4n) is 4.51. The van der Waals surface area contributed by atoms with Gasteiger partial charge >= 0.3 is 12.1 Å². The summed E-state index contributed by atoms with van der Waals surface area (Å²) >= 11 is 0. The van der Waals surface area contributed by atoms with E-state index in [1.165, 1.54) is 4.90 Å². The summed E-state index contributed by atoms with van der Waals surface area (Å²) in [5.41, 5.74) is 1.80. The number of nitrogens with zero attached hydrogens (tertiary/aromatic N) is 1. The Kier molecular flexibility index (Phi) is 12.1. The lowest BCUT2D eigenvalue weighted by molar-refractivity contribution is -0.159. The van der Waals surface area contributed by atoms with Crippen molar-refractivity contribution in [1.29, 1.82) is 0 Å². The van der Waals surface area contributed by atoms with Gasteiger partial charge in [-0.25, -0.2) is 9.59 Å². The number of carbonyl (C=O) groups is 4. The van der Waals surface area contributed by atoms with E-state index in [9.17, 15) is 19.2 Å². The van der Waals surface area contributed by atoms with Gasteiger partial charge in [0.2, 0.25) is 11.8 Å². The molecule has 0 radical (unpaired) electrons. The Hall–Kier alpha value is -3.88. The Morgan fingerprint density at radius 2 is 1.43 bits per heavy atom. The molecule has 9 heteroatoms. The smallest absolute Gasteiger partial charge is 0.408 e. The lowest BCUT2D eigenvalue weighted by atomic mass is 9.98. The zero-order valence-corrected chi connectivity index (χ0v) is 26.5. The van der Waals surface area contributed by atoms with E-state index in [1.54, 1.807) is 41.5 Å². The molecule has 2 rings (SSSR count). The summed E-state index contributed by atoms with van der Waals surface area (Å²) < 4.78 is 10.9. The Bertz CT molecular complexity index is 1210. The molecule has 0 saturated carbocycles. The van der Waals surface area contributed by atoms with Gasteiger partial charge in [0, 0.05) is 13.0 Å². The first-order valence-corrected chi connectivity index (χ1v) is 14.4. The molecule has 2 aromatic carbocycles. The molecule has 2 N–H and O–H groups in total. The van der Waals surface area contributed by atoms with Crippen molar-refractivity contribution < 1.29 is 28.7 Å². The number of benzene rings is 2. The molecule has 0 aromatic heterocycles. The van der Waals surface area contributed by atoms with Crippen LogP contribution in [0.3, 0.4) is 0 Å². The molecule has 2 aromatic rings. The summed E-state index contributed by atoms with van der Waals surface area (Å²) in [7, 11) is 0. The SMILES string of the molecule is CCCN(C(=O)CNC(=O)OC(C)(C)C)C(C(=O)NC(Cc1ccccc1)C(=O)OC(C)(C)C)c1cc(C)cc(C)c1. The summed E-state index contributed by atoms with van der Waals surface area (Å²) in [6.45, 7) is 16.1. The predicted molar refractivity (Wildman–Crippen MR) is 163 cm³/mol. The first-order chi connectivity index (χ1) is 19.5. The average molecular weight is 582 g/mol. The lowest BCUT2D eigenvalue weighted by Crippen LogP contribution is -2.52. The molecule has 0 aliphatic rings. The second-order valence-electron chi connectivity index (χ2n) is 12.6. The molecule has 0 fully saturated rings. The average Bonchev–Trinajstić information content (AvgIpc) is 2.84. The maximum atomic E-state index is 14.2. The number of aryl methyl sites for hydroxylation is 2. The predicted octanol–water partition coefficient (Wildman–Crippen LogP) is 5.18. The highest BCUT2D eigenvalue weighted by atomic mass is 16.6. The molecule has 0 aliphatic carbocycles. The van der Waals surface area contributed by atoms with Crippen LogP contribution in [0.1, 0.15) is 83.2 Å². The normalized spacial score (nSPS) is 13.0. The van der Waals surface area contributed by atoms with Gasteiger partial charge in [-0.2, -0.15) is 0 Å². The molecule has 42 heavy (non-hydrogen) atoms. The highest BCUT2D eigenvalue weighted by molar-refractivity contribution is 5.93. The number of nitrogens with one attached hydrogen (secondary N) is 2. The number of carbonyl (C=O) groups excluding carboxylic acids is 4. The Morgan fingerprint density at radius 1 is 0.857 bits per heavy atom. The van der Waals surface area contributed by atoms with Gasteiger partial charge in [0.05, 0.1) is 0 Å². The van der Waals surface area contributed by atoms with Gasteiger partial charge < -0.3 is 25.0 Å². The summed E-state index contributed by atoms with van der Waals surface area (Å²) in [5.74, 6) is -1.55. The minimum atomic E-state index is -1.06. The molecule has 0 bridgehead atoms. The number of hydrogen-bond donors (Lipinski definition) is 2. The van der Waals surface area contributed by atoms with E-state index in [-0.39, 0.29) is 19.5 Å². The van der Waals surface area contributed by atoms with Gasteiger partial charge in [0.15, 0.2) is 0 Å². The van der Waals surface area contributed by atoms with E-state index in [4.69, 9.17) is 9.47 Å². The maximum Gasteiger partial charge on any atom is 0.408 e. The zero-order chi connectivity index (χ0) is 31.7. The second kappa shape index (κ2) is 14.8. The van der Waals surface area contributed by atoms with Crippen LogP contribution in [0.4, 0.5) is 4.79 Å². The van der Waals surface area contributed by atoms with Gasteiger partial charge in [-0.05, 0) is 72.9 Å². The quantitative estimate of drug-likeness (QED) is 0.354. The number of ether oxygens (including phenoxy) is 2. The van der Waals surface area contributed by atoms with E-state index in [1.807, 2.05) is 69.3 Å². The first-order valence-electron chi connectivity index (χ1n) is 14.4. The second-order valence-corrected chi connectivity index (χ2v) is 12.6. The van der Waals surface area contributed by atoms with Gasteiger partial charge in [-0.3, -0.25) is 9.59 Å². The minimum absolute atomic E-state index is 0.211. The molecule has 2 unspecified atom stereocenters. The van der Waals surface area contributed by atoms with Gasteiger partial charge in [0.1, 0.15) is 29.8 Å². The summed E-state index contributed by atoms with van der Waals surface area (Å²) in [6.07, 6.45) is 0.0439. The third-order valence-electron chi connectivity index (χ3n) is 5.98. The molecule has 0 spiro atoms. The highest BCUT2D eigenvalue weighted by Crippen LogP contribution is 2.25. The van der Waals surface area contributed by atoms with Crippen molar-refractivity contribution in [3.63, 3.8) is 0 Å². The van der Waals surface area contributed by atoms with E-state index in [0.717, 1.165) is 16.7 Å². The standard InChI is InChI=1S/C33H47N3O6/c1-10-16-36(27(37)21-34-31(40)42-33(7,8)9)28(25-18-22(2)17-23(3)19-25)29(38)35-26(30(39)41-32(4,5)6)20-24-14-12-11-13-15-24/h11-15,17-19,26,28H,10,16,20-21H2,1-9H3,(H,34,40)(H,35,38). The van der Waals surface area contributed by atoms with Crippen LogP contribution in [0.15, 0.2) is 48.5 Å². The highest BCUT2D eigenvalue weighted by Gasteiger charge is 2.35. The molecule has 9 nitrogen and oxygen atoms in total. The summed E-state index contributed by atoms with van der Waals surface area (Å²) in [4.78, 5) is 54.8. The van der Waals surface area contributed by atoms with E-state index in [0.29, 0.717) is 12.0 Å². The minimum Gasteiger partial charge on any atom is -0.458 e. The number of hydrogen-bond acceptors (Lipinski definition) is 6. The van der Waals surface area contributed by atoms with Gasteiger partial charge in [-0.1, -0.05) is 66.6 Å². The molecular formula is C33H47N3O6. The monoisotopic (exact) mass is 581 g/mol. The first kappa shape index (κ1) is 34.3. The summed E-state index contributed by atoms with van der Waals surface area (Å²) in [6, 6.07) is 13.0. The largest absolute Gasteiger partial charge is 0.458 e. The molecule has 0 heterocycles. The maximum absolute atomic E-state index is 14.2. The topological polar surface area (TPSA) is 114 Å². The third kappa shape index (κ3) is 11.5. The Morgan fingerprint density at radius 3 is 1.95 bits per heavy atom. The Labute approximate surface area is 250 Å². The summed E-state index contributed by atoms with van der Waals surface area (Å²) in [5, 5.41) is 5.40. The van der Waals surface area contributed by atoms with E-state index < -0.39 is 47.2 Å². The van der Waals surface area contributed by atoms with Crippen molar-refractivity contribution in [1.82, 2.24) is 15.5 Å².